The van der Waals surface area contributed by atoms with Gasteiger partial charge < -0.3 is 35.6 Å². The van der Waals surface area contributed by atoms with E-state index in [1.165, 1.54) is 0 Å². The first-order valence-electron chi connectivity index (χ1n) is 18.6. The molecule has 17 heteroatoms. The highest BCUT2D eigenvalue weighted by atomic mass is 16.2. The third-order valence-electron chi connectivity index (χ3n) is 11.8. The van der Waals surface area contributed by atoms with E-state index in [1.54, 1.807) is 23.2 Å². The van der Waals surface area contributed by atoms with Gasteiger partial charge in [0.25, 0.3) is 17.7 Å². The van der Waals surface area contributed by atoms with E-state index in [0.29, 0.717) is 25.5 Å². The smallest absolute Gasteiger partial charge is 0.320 e. The summed E-state index contributed by atoms with van der Waals surface area (Å²) < 4.78 is 0. The molecule has 5 saturated heterocycles. The Morgan fingerprint density at radius 1 is 0.873 bits per heavy atom. The summed E-state index contributed by atoms with van der Waals surface area (Å²) in [4.78, 5) is 95.8. The first-order valence-corrected chi connectivity index (χ1v) is 18.6. The van der Waals surface area contributed by atoms with Crippen molar-refractivity contribution in [2.24, 2.45) is 11.1 Å². The summed E-state index contributed by atoms with van der Waals surface area (Å²) >= 11 is 0. The molecular weight excluding hydrogens is 706 g/mol. The summed E-state index contributed by atoms with van der Waals surface area (Å²) in [5.41, 5.74) is 9.01. The van der Waals surface area contributed by atoms with Crippen LogP contribution in [0.5, 0.6) is 0 Å². The second-order valence-electron chi connectivity index (χ2n) is 15.5. The van der Waals surface area contributed by atoms with Gasteiger partial charge in [-0.15, -0.1) is 0 Å². The number of piperidine rings is 2. The van der Waals surface area contributed by atoms with E-state index >= 15 is 0 Å². The van der Waals surface area contributed by atoms with Crippen molar-refractivity contribution in [3.05, 3.63) is 65.5 Å². The number of nitrogens with one attached hydrogen (secondary N) is 2. The molecule has 1 spiro atoms. The Morgan fingerprint density at radius 3 is 2.27 bits per heavy atom. The van der Waals surface area contributed by atoms with Crippen molar-refractivity contribution in [3.8, 4) is 0 Å². The fourth-order valence-corrected chi connectivity index (χ4v) is 8.86. The minimum absolute atomic E-state index is 0.0444. The Morgan fingerprint density at radius 2 is 1.58 bits per heavy atom. The number of hydrogen-bond donors (Lipinski definition) is 3. The van der Waals surface area contributed by atoms with E-state index in [2.05, 4.69) is 30.3 Å². The van der Waals surface area contributed by atoms with Crippen molar-refractivity contribution >= 4 is 64.3 Å². The van der Waals surface area contributed by atoms with Gasteiger partial charge in [0.2, 0.25) is 11.8 Å². The van der Waals surface area contributed by atoms with E-state index in [4.69, 9.17) is 10.7 Å². The summed E-state index contributed by atoms with van der Waals surface area (Å²) in [5, 5.41) is 5.48. The third-order valence-corrected chi connectivity index (χ3v) is 11.8. The van der Waals surface area contributed by atoms with Crippen molar-refractivity contribution in [1.82, 2.24) is 30.0 Å². The number of fused-ring (bicyclic) bond motifs is 1. The molecule has 0 aliphatic carbocycles. The molecule has 6 aliphatic heterocycles. The Bertz CT molecular complexity index is 2150. The number of nitrogens with two attached hydrogens (primary N) is 1. The molecule has 3 aromatic rings. The number of amides is 7. The predicted molar refractivity (Wildman–Crippen MR) is 200 cm³/mol. The molecule has 4 N–H and O–H groups in total. The molecular formula is C38H41N11O6. The second-order valence-corrected chi connectivity index (χ2v) is 15.5. The maximum Gasteiger partial charge on any atom is 0.320 e. The van der Waals surface area contributed by atoms with Gasteiger partial charge in [0, 0.05) is 88.3 Å². The van der Waals surface area contributed by atoms with Gasteiger partial charge in [-0.25, -0.2) is 14.8 Å². The number of anilines is 5. The normalized spacial score (nSPS) is 23.3. The molecule has 2 aromatic carbocycles. The van der Waals surface area contributed by atoms with E-state index in [9.17, 15) is 28.8 Å². The van der Waals surface area contributed by atoms with E-state index in [0.717, 1.165) is 67.5 Å². The number of hydrogen-bond acceptors (Lipinski definition) is 12. The van der Waals surface area contributed by atoms with Crippen LogP contribution in [0.15, 0.2) is 48.7 Å². The van der Waals surface area contributed by atoms with Crippen LogP contribution in [0.3, 0.4) is 0 Å². The molecule has 7 heterocycles. The zero-order valence-electron chi connectivity index (χ0n) is 30.4. The van der Waals surface area contributed by atoms with Gasteiger partial charge in [-0.1, -0.05) is 0 Å². The summed E-state index contributed by atoms with van der Waals surface area (Å²) in [6, 6.07) is 12.3. The largest absolute Gasteiger partial charge is 0.370 e. The van der Waals surface area contributed by atoms with Gasteiger partial charge in [-0.05, 0) is 61.7 Å². The number of carbonyl (C=O) groups excluding carboxylic acids is 6. The molecule has 7 amide bonds. The molecule has 2 atom stereocenters. The Labute approximate surface area is 316 Å². The fourth-order valence-electron chi connectivity index (χ4n) is 8.86. The number of imide groups is 2. The van der Waals surface area contributed by atoms with Gasteiger partial charge in [0.05, 0.1) is 23.4 Å². The zero-order valence-corrected chi connectivity index (χ0v) is 30.4. The predicted octanol–water partition coefficient (Wildman–Crippen LogP) is 1.38. The third kappa shape index (κ3) is 5.93. The van der Waals surface area contributed by atoms with Crippen LogP contribution < -0.4 is 31.1 Å². The second kappa shape index (κ2) is 13.0. The van der Waals surface area contributed by atoms with Crippen molar-refractivity contribution in [2.75, 3.05) is 79.4 Å². The number of aromatic nitrogens is 2. The summed E-state index contributed by atoms with van der Waals surface area (Å²) in [6.07, 6.45) is 3.59. The quantitative estimate of drug-likeness (QED) is 0.281. The number of rotatable bonds is 8. The number of benzene rings is 2. The van der Waals surface area contributed by atoms with Crippen LogP contribution in [0.25, 0.3) is 0 Å². The highest BCUT2D eigenvalue weighted by Crippen LogP contribution is 2.45. The molecule has 17 nitrogen and oxygen atoms in total. The summed E-state index contributed by atoms with van der Waals surface area (Å²) in [7, 11) is 1.82. The number of urea groups is 1. The van der Waals surface area contributed by atoms with Gasteiger partial charge in [0.15, 0.2) is 11.5 Å². The summed E-state index contributed by atoms with van der Waals surface area (Å²) in [5.74, 6) is -1.85. The van der Waals surface area contributed by atoms with Crippen molar-refractivity contribution in [3.63, 3.8) is 0 Å². The van der Waals surface area contributed by atoms with Crippen LogP contribution in [0.1, 0.15) is 56.9 Å². The van der Waals surface area contributed by atoms with E-state index in [1.807, 2.05) is 42.3 Å². The lowest BCUT2D eigenvalue weighted by Crippen LogP contribution is -2.72. The average Bonchev–Trinajstić information content (AvgIpc) is 3.60. The maximum atomic E-state index is 13.3. The van der Waals surface area contributed by atoms with Crippen LogP contribution in [0.2, 0.25) is 0 Å². The van der Waals surface area contributed by atoms with Crippen LogP contribution in [-0.2, 0) is 9.59 Å². The molecule has 284 valence electrons. The standard InChI is InChI=1S/C38H41N11O6/c1-44-13-14-48(37(44)55)25-3-2-12-45(17-25)29-16-40-31(32(39)51)33(42-29)41-22-4-6-23(7-5-22)46-18-38(19-46)20-47(21-38)24-8-9-26-27(15-24)36(54)49(35(26)53)28-10-11-30(50)43-34(28)52/h4-9,15-16,25,28H,2-3,10-14,17-21H2,1H3,(H2,39,51)(H,41,42)(H,43,50,52)/t25-,28?/m1/s1. The van der Waals surface area contributed by atoms with Gasteiger partial charge in [-0.2, -0.15) is 0 Å². The highest BCUT2D eigenvalue weighted by Gasteiger charge is 2.52. The minimum atomic E-state index is -0.991. The lowest BCUT2D eigenvalue weighted by atomic mass is 9.72. The lowest BCUT2D eigenvalue weighted by Gasteiger charge is -2.61. The monoisotopic (exact) mass is 747 g/mol. The molecule has 5 fully saturated rings. The minimum Gasteiger partial charge on any atom is -0.370 e. The van der Waals surface area contributed by atoms with Gasteiger partial charge in [0.1, 0.15) is 11.9 Å². The van der Waals surface area contributed by atoms with Gasteiger partial charge >= 0.3 is 6.03 Å². The van der Waals surface area contributed by atoms with Crippen LogP contribution >= 0.6 is 0 Å². The van der Waals surface area contributed by atoms with Crippen LogP contribution in [-0.4, -0.2) is 132 Å². The Hall–Kier alpha value is -6.26. The number of nitrogens with zero attached hydrogens (tertiary/aromatic N) is 8. The fraction of sp³-hybridized carbons (Fsp3) is 0.421. The lowest BCUT2D eigenvalue weighted by molar-refractivity contribution is -0.136. The van der Waals surface area contributed by atoms with E-state index in [-0.39, 0.29) is 53.0 Å². The Kier molecular flexibility index (Phi) is 8.12. The highest BCUT2D eigenvalue weighted by molar-refractivity contribution is 6.23. The molecule has 55 heavy (non-hydrogen) atoms. The van der Waals surface area contributed by atoms with Crippen LogP contribution in [0, 0.1) is 5.41 Å². The van der Waals surface area contributed by atoms with Gasteiger partial charge in [-0.3, -0.25) is 34.2 Å². The SMILES string of the molecule is CN1CCN([C@@H]2CCCN(c3cnc(C(N)=O)c(Nc4ccc(N5CC6(C5)CN(c5ccc7c(c5)C(=O)N(C5CCC(=O)NC5=O)C7=O)C6)cc4)n3)C2)C1=O. The molecule has 0 bridgehead atoms. The van der Waals surface area contributed by atoms with Crippen molar-refractivity contribution < 1.29 is 28.8 Å². The maximum absolute atomic E-state index is 13.3. The molecule has 6 aliphatic rings. The zero-order chi connectivity index (χ0) is 38.2. The molecule has 0 saturated carbocycles. The molecule has 0 radical (unpaired) electrons. The first kappa shape index (κ1) is 34.5. The topological polar surface area (TPSA) is 198 Å². The molecule has 1 aromatic heterocycles. The number of carbonyl (C=O) groups is 6. The van der Waals surface area contributed by atoms with E-state index < -0.39 is 35.6 Å². The molecule has 1 unspecified atom stereocenters. The molecule has 9 rings (SSSR count). The van der Waals surface area contributed by atoms with Crippen molar-refractivity contribution in [2.45, 2.75) is 37.8 Å². The first-order chi connectivity index (χ1) is 26.5. The Balaban J connectivity index is 0.815. The van der Waals surface area contributed by atoms with Crippen molar-refractivity contribution in [1.29, 1.82) is 0 Å². The summed E-state index contributed by atoms with van der Waals surface area (Å²) in [6.45, 7) is 6.14. The van der Waals surface area contributed by atoms with Crippen LogP contribution in [0.4, 0.5) is 33.5 Å². The number of primary amides is 1. The number of likely N-dealkylation sites (N-methyl/N-ethyl adjacent to an activating group) is 1. The average molecular weight is 748 g/mol.